The maximum atomic E-state index is 12.2. The van der Waals surface area contributed by atoms with Crippen molar-refractivity contribution in [3.8, 4) is 0 Å². The summed E-state index contributed by atoms with van der Waals surface area (Å²) < 4.78 is 14.4. The first-order chi connectivity index (χ1) is 23.6. The van der Waals surface area contributed by atoms with Crippen molar-refractivity contribution >= 4 is 54.8 Å². The lowest BCUT2D eigenvalue weighted by molar-refractivity contribution is -0.178. The molecule has 2 unspecified atom stereocenters. The second kappa shape index (κ2) is 18.2. The van der Waals surface area contributed by atoms with E-state index in [1.165, 1.54) is 31.3 Å². The maximum Gasteiger partial charge on any atom is 0.437 e. The van der Waals surface area contributed by atoms with Gasteiger partial charge in [0.2, 0.25) is 0 Å². The van der Waals surface area contributed by atoms with Gasteiger partial charge in [0.15, 0.2) is 0 Å². The molecule has 6 rings (SSSR count). The number of fused-ring (bicyclic) bond motifs is 2. The molecule has 2 aliphatic rings. The van der Waals surface area contributed by atoms with Crippen LogP contribution in [0.3, 0.4) is 0 Å². The van der Waals surface area contributed by atoms with Gasteiger partial charge in [0.1, 0.15) is 0 Å². The summed E-state index contributed by atoms with van der Waals surface area (Å²) in [7, 11) is 0. The Morgan fingerprint density at radius 3 is 1.62 bits per heavy atom. The van der Waals surface area contributed by atoms with E-state index in [0.717, 1.165) is 77.8 Å². The Labute approximate surface area is 290 Å². The first-order valence-electron chi connectivity index (χ1n) is 17.0. The molecule has 4 heterocycles. The van der Waals surface area contributed by atoms with Crippen LogP contribution >= 0.6 is 22.7 Å². The summed E-state index contributed by atoms with van der Waals surface area (Å²) in [6, 6.07) is 17.5. The van der Waals surface area contributed by atoms with Crippen LogP contribution in [0.4, 0.5) is 0 Å². The molecule has 12 heteroatoms. The molecule has 2 aromatic heterocycles. The smallest absolute Gasteiger partial charge is 0.381 e. The zero-order chi connectivity index (χ0) is 33.0. The van der Waals surface area contributed by atoms with Crippen molar-refractivity contribution in [1.29, 1.82) is 0 Å². The van der Waals surface area contributed by atoms with Gasteiger partial charge in [-0.25, -0.2) is 9.59 Å². The summed E-state index contributed by atoms with van der Waals surface area (Å²) in [5.41, 5.74) is 8.10. The van der Waals surface area contributed by atoms with Crippen LogP contribution in [-0.4, -0.2) is 99.5 Å². The van der Waals surface area contributed by atoms with Crippen LogP contribution in [0.1, 0.15) is 36.8 Å². The normalized spacial score (nSPS) is 18.7. The molecule has 0 radical (unpaired) electrons. The van der Waals surface area contributed by atoms with Crippen molar-refractivity contribution < 1.29 is 28.7 Å². The van der Waals surface area contributed by atoms with Crippen LogP contribution in [-0.2, 0) is 41.6 Å². The van der Waals surface area contributed by atoms with Gasteiger partial charge in [-0.05, 0) is 109 Å². The number of carbonyl (C=O) groups is 2. The maximum absolute atomic E-state index is 12.2. The zero-order valence-electron chi connectivity index (χ0n) is 27.4. The molecule has 0 spiro atoms. The van der Waals surface area contributed by atoms with Crippen LogP contribution in [0.25, 0.3) is 20.2 Å². The third-order valence-corrected chi connectivity index (χ3v) is 10.8. The quantitative estimate of drug-likeness (QED) is 0.0845. The lowest BCUT2D eigenvalue weighted by atomic mass is 10.1. The van der Waals surface area contributed by atoms with Crippen LogP contribution < -0.4 is 11.0 Å². The molecular weight excluding hydrogens is 649 g/mol. The monoisotopic (exact) mass is 694 g/mol. The summed E-state index contributed by atoms with van der Waals surface area (Å²) >= 11 is 3.53. The highest BCUT2D eigenvalue weighted by Crippen LogP contribution is 2.23. The molecule has 10 nitrogen and oxygen atoms in total. The first-order valence-corrected chi connectivity index (χ1v) is 18.8. The summed E-state index contributed by atoms with van der Waals surface area (Å²) in [4.78, 5) is 39.1. The van der Waals surface area contributed by atoms with E-state index in [1.807, 2.05) is 0 Å². The van der Waals surface area contributed by atoms with Crippen LogP contribution in [0.5, 0.6) is 0 Å². The largest absolute Gasteiger partial charge is 0.437 e. The third-order valence-electron chi connectivity index (χ3n) is 8.98. The van der Waals surface area contributed by atoms with Crippen LogP contribution in [0.15, 0.2) is 59.3 Å². The van der Waals surface area contributed by atoms with Gasteiger partial charge in [-0.1, -0.05) is 24.3 Å². The molecule has 2 N–H and O–H groups in total. The summed E-state index contributed by atoms with van der Waals surface area (Å²) in [6.45, 7) is 7.97. The number of likely N-dealkylation sites (tertiary alicyclic amines) is 2. The number of ether oxygens (including phenoxy) is 2. The van der Waals surface area contributed by atoms with Crippen molar-refractivity contribution in [2.75, 3.05) is 65.7 Å². The van der Waals surface area contributed by atoms with Gasteiger partial charge in [0.05, 0.1) is 25.3 Å². The van der Waals surface area contributed by atoms with Crippen molar-refractivity contribution in [1.82, 2.24) is 20.8 Å². The van der Waals surface area contributed by atoms with Gasteiger partial charge < -0.3 is 28.9 Å². The summed E-state index contributed by atoms with van der Waals surface area (Å²) in [5.74, 6) is -2.09. The predicted octanol–water partition coefficient (Wildman–Crippen LogP) is 4.96. The Hall–Kier alpha value is -2.94. The molecule has 2 aromatic carbocycles. The van der Waals surface area contributed by atoms with Gasteiger partial charge in [-0.15, -0.1) is 33.6 Å². The van der Waals surface area contributed by atoms with Gasteiger partial charge in [0.25, 0.3) is 0 Å². The molecule has 0 bridgehead atoms. The molecule has 2 atom stereocenters. The van der Waals surface area contributed by atoms with Crippen molar-refractivity contribution in [3.05, 3.63) is 70.4 Å². The molecule has 0 aliphatic carbocycles. The zero-order valence-corrected chi connectivity index (χ0v) is 29.0. The minimum Gasteiger partial charge on any atom is -0.381 e. The molecule has 0 amide bonds. The molecule has 2 saturated heterocycles. The number of hydrogen-bond acceptors (Lipinski definition) is 12. The molecule has 48 heavy (non-hydrogen) atoms. The number of hydroxylamine groups is 2. The molecule has 2 aliphatic heterocycles. The standard InChI is InChI=1S/C36H46N4O6S2/c41-35(45-37-31-7-15-39(25-31)13-1-17-43-19-9-27-3-5-33-29(23-27)11-21-47-33)36(42)46-38-32-8-16-40(26-32)14-2-18-44-20-10-28-4-6-34-30(24-28)12-22-48-34/h3-6,11-12,21-24,31-32,37-38H,1-2,7-10,13-20,25-26H2. The second-order valence-corrected chi connectivity index (χ2v) is 14.5. The van der Waals surface area contributed by atoms with Crippen LogP contribution in [0, 0.1) is 0 Å². The first kappa shape index (κ1) is 34.9. The Bertz CT molecular complexity index is 1490. The van der Waals surface area contributed by atoms with E-state index in [9.17, 15) is 9.59 Å². The van der Waals surface area contributed by atoms with E-state index in [2.05, 4.69) is 80.1 Å². The number of carbonyl (C=O) groups excluding carboxylic acids is 2. The average Bonchev–Trinajstić information content (AvgIpc) is 3.93. The Morgan fingerprint density at radius 1 is 0.667 bits per heavy atom. The van der Waals surface area contributed by atoms with Crippen molar-refractivity contribution in [2.45, 2.75) is 50.6 Å². The fourth-order valence-corrected chi connectivity index (χ4v) is 7.87. The van der Waals surface area contributed by atoms with E-state index in [4.69, 9.17) is 19.1 Å². The Balaban J connectivity index is 0.746. The molecule has 258 valence electrons. The number of thiophene rings is 2. The Morgan fingerprint density at radius 2 is 1.15 bits per heavy atom. The highest BCUT2D eigenvalue weighted by atomic mass is 32.1. The molecule has 4 aromatic rings. The number of rotatable bonds is 18. The summed E-state index contributed by atoms with van der Waals surface area (Å²) in [5, 5.41) is 6.85. The SMILES string of the molecule is O=C(ONC1CCN(CCCOCCc2ccc3sccc3c2)C1)C(=O)ONC1CCN(CCCOCCc2ccc3sccc3c2)C1. The van der Waals surface area contributed by atoms with Gasteiger partial charge in [-0.3, -0.25) is 0 Å². The highest BCUT2D eigenvalue weighted by molar-refractivity contribution is 7.17. The van der Waals surface area contributed by atoms with E-state index < -0.39 is 11.9 Å². The average molecular weight is 695 g/mol. The molecule has 2 fully saturated rings. The lowest BCUT2D eigenvalue weighted by Gasteiger charge is -2.17. The van der Waals surface area contributed by atoms with Gasteiger partial charge >= 0.3 is 11.9 Å². The topological polar surface area (TPSA) is 102 Å². The van der Waals surface area contributed by atoms with Crippen molar-refractivity contribution in [2.24, 2.45) is 0 Å². The lowest BCUT2D eigenvalue weighted by Crippen LogP contribution is -2.40. The third kappa shape index (κ3) is 10.5. The fourth-order valence-electron chi connectivity index (χ4n) is 6.33. The molecular formula is C36H46N4O6S2. The number of benzene rings is 2. The highest BCUT2D eigenvalue weighted by Gasteiger charge is 2.28. The van der Waals surface area contributed by atoms with E-state index in [-0.39, 0.29) is 12.1 Å². The Kier molecular flexibility index (Phi) is 13.2. The van der Waals surface area contributed by atoms with Gasteiger partial charge in [-0.2, -0.15) is 0 Å². The fraction of sp³-hybridized carbons (Fsp3) is 0.500. The number of hydrogen-bond donors (Lipinski definition) is 2. The van der Waals surface area contributed by atoms with Crippen molar-refractivity contribution in [3.63, 3.8) is 0 Å². The predicted molar refractivity (Wildman–Crippen MR) is 190 cm³/mol. The number of nitrogens with one attached hydrogen (secondary N) is 2. The second-order valence-electron chi connectivity index (χ2n) is 12.6. The van der Waals surface area contributed by atoms with E-state index >= 15 is 0 Å². The number of nitrogens with zero attached hydrogens (tertiary/aromatic N) is 2. The summed E-state index contributed by atoms with van der Waals surface area (Å²) in [6.07, 6.45) is 5.37. The van der Waals surface area contributed by atoms with Crippen LogP contribution in [0.2, 0.25) is 0 Å². The van der Waals surface area contributed by atoms with E-state index in [1.54, 1.807) is 22.7 Å². The van der Waals surface area contributed by atoms with E-state index in [0.29, 0.717) is 26.4 Å². The van der Waals surface area contributed by atoms with Gasteiger partial charge in [0, 0.05) is 48.8 Å². The molecule has 0 saturated carbocycles. The minimum atomic E-state index is -1.05. The minimum absolute atomic E-state index is 0.0226.